The van der Waals surface area contributed by atoms with Crippen LogP contribution >= 0.6 is 0 Å². The molecule has 9 aromatic carbocycles. The van der Waals surface area contributed by atoms with E-state index in [4.69, 9.17) is 9.97 Å². The van der Waals surface area contributed by atoms with Crippen LogP contribution in [0.5, 0.6) is 0 Å². The summed E-state index contributed by atoms with van der Waals surface area (Å²) in [6, 6.07) is 64.4. The normalized spacial score (nSPS) is 14.7. The van der Waals surface area contributed by atoms with E-state index in [9.17, 15) is 0 Å². The zero-order chi connectivity index (χ0) is 41.0. The Morgan fingerprint density at radius 3 is 1.82 bits per heavy atom. The molecule has 0 bridgehead atoms. The topological polar surface area (TPSA) is 30.7 Å². The average Bonchev–Trinajstić information content (AvgIpc) is 3.62. The number of benzene rings is 9. The number of nitrogens with zero attached hydrogens (tertiary/aromatic N) is 3. The number of hydrogen-bond acceptors (Lipinski definition) is 2. The highest BCUT2D eigenvalue weighted by atomic mass is 15.0. The molecule has 0 aliphatic heterocycles. The van der Waals surface area contributed by atoms with E-state index in [0.29, 0.717) is 0 Å². The van der Waals surface area contributed by atoms with Gasteiger partial charge in [-0.3, -0.25) is 0 Å². The van der Waals surface area contributed by atoms with Crippen molar-refractivity contribution in [2.24, 2.45) is 0 Å². The van der Waals surface area contributed by atoms with Crippen LogP contribution in [0.3, 0.4) is 0 Å². The molecule has 3 nitrogen and oxygen atoms in total. The quantitative estimate of drug-likeness (QED) is 0.166. The Bertz CT molecular complexity index is 3580. The van der Waals surface area contributed by atoms with Crippen LogP contribution in [0.25, 0.3) is 104 Å². The van der Waals surface area contributed by atoms with Crippen molar-refractivity contribution >= 4 is 65.0 Å². The summed E-state index contributed by atoms with van der Waals surface area (Å²) in [7, 11) is 0. The molecule has 0 N–H and O–H groups in total. The van der Waals surface area contributed by atoms with Gasteiger partial charge in [0.1, 0.15) is 0 Å². The van der Waals surface area contributed by atoms with Crippen molar-refractivity contribution in [2.75, 3.05) is 0 Å². The van der Waals surface area contributed by atoms with Crippen molar-refractivity contribution in [1.82, 2.24) is 14.5 Å². The predicted octanol–water partition coefficient (Wildman–Crippen LogP) is 15.5. The van der Waals surface area contributed by atoms with E-state index in [2.05, 4.69) is 208 Å². The molecule has 1 aliphatic carbocycles. The number of rotatable bonds is 4. The maximum Gasteiger partial charge on any atom is 0.160 e. The minimum Gasteiger partial charge on any atom is -0.309 e. The molecule has 292 valence electrons. The van der Waals surface area contributed by atoms with Gasteiger partial charge in [-0.1, -0.05) is 167 Å². The van der Waals surface area contributed by atoms with Crippen LogP contribution < -0.4 is 0 Å². The molecule has 12 rings (SSSR count). The number of para-hydroxylation sites is 1. The molecule has 0 saturated heterocycles. The first kappa shape index (κ1) is 35.8. The van der Waals surface area contributed by atoms with Crippen molar-refractivity contribution in [3.63, 3.8) is 0 Å². The lowest BCUT2D eigenvalue weighted by molar-refractivity contribution is 0.332. The maximum absolute atomic E-state index is 5.41. The second-order valence-corrected chi connectivity index (χ2v) is 18.4. The smallest absolute Gasteiger partial charge is 0.160 e. The molecule has 2 aromatic heterocycles. The van der Waals surface area contributed by atoms with Crippen molar-refractivity contribution in [2.45, 2.75) is 51.4 Å². The van der Waals surface area contributed by atoms with E-state index in [1.165, 1.54) is 84.1 Å². The molecule has 11 aromatic rings. The van der Waals surface area contributed by atoms with Crippen molar-refractivity contribution in [1.29, 1.82) is 0 Å². The van der Waals surface area contributed by atoms with Crippen LogP contribution in [0.2, 0.25) is 0 Å². The summed E-state index contributed by atoms with van der Waals surface area (Å²) in [6.45, 7) is 9.68. The van der Waals surface area contributed by atoms with Crippen molar-refractivity contribution < 1.29 is 0 Å². The van der Waals surface area contributed by atoms with Crippen LogP contribution in [-0.4, -0.2) is 14.5 Å². The van der Waals surface area contributed by atoms with Crippen molar-refractivity contribution in [3.8, 4) is 39.5 Å². The molecule has 1 aliphatic rings. The second-order valence-electron chi connectivity index (χ2n) is 18.4. The Hall–Kier alpha value is -7.10. The molecule has 2 heterocycles. The number of aromatic nitrogens is 3. The first-order valence-corrected chi connectivity index (χ1v) is 21.6. The highest BCUT2D eigenvalue weighted by molar-refractivity contribution is 6.12. The second kappa shape index (κ2) is 13.2. The molecule has 0 radical (unpaired) electrons. The van der Waals surface area contributed by atoms with E-state index < -0.39 is 0 Å². The molecule has 0 atom stereocenters. The summed E-state index contributed by atoms with van der Waals surface area (Å²) in [6.07, 6.45) is 2.38. The fraction of sp³-hybridized carbons (Fsp3) is 0.138. The Morgan fingerprint density at radius 1 is 0.410 bits per heavy atom. The fourth-order valence-corrected chi connectivity index (χ4v) is 10.4. The van der Waals surface area contributed by atoms with Crippen LogP contribution in [0.1, 0.15) is 51.7 Å². The van der Waals surface area contributed by atoms with E-state index in [-0.39, 0.29) is 10.8 Å². The summed E-state index contributed by atoms with van der Waals surface area (Å²) in [4.78, 5) is 10.8. The van der Waals surface area contributed by atoms with E-state index in [0.717, 1.165) is 44.3 Å². The lowest BCUT2D eigenvalue weighted by Crippen LogP contribution is -2.33. The van der Waals surface area contributed by atoms with Crippen LogP contribution in [-0.2, 0) is 10.8 Å². The Balaban J connectivity index is 1.03. The van der Waals surface area contributed by atoms with Gasteiger partial charge in [0.05, 0.1) is 27.9 Å². The zero-order valence-electron chi connectivity index (χ0n) is 35.0. The van der Waals surface area contributed by atoms with Gasteiger partial charge in [-0.05, 0) is 104 Å². The Morgan fingerprint density at radius 2 is 1.02 bits per heavy atom. The zero-order valence-corrected chi connectivity index (χ0v) is 35.0. The summed E-state index contributed by atoms with van der Waals surface area (Å²) < 4.78 is 2.50. The standard InChI is InChI=1S/C58H45N3/c1-57(2)31-32-58(3,4)50-35-53-48(34-49(50)57)46-19-9-10-21-52(46)61(53)51-22-12-16-40-33-41(28-29-44(40)51)56-59-54(47-30-27-37-14-6-8-18-45(37)55(47)60-56)39-25-23-38(24-26-39)43-20-11-15-36-13-5-7-17-42(36)43/h5-30,33-35H,31-32H2,1-4H3. The first-order valence-electron chi connectivity index (χ1n) is 21.6. The summed E-state index contributed by atoms with van der Waals surface area (Å²) >= 11 is 0. The van der Waals surface area contributed by atoms with Gasteiger partial charge in [0.25, 0.3) is 0 Å². The third-order valence-electron chi connectivity index (χ3n) is 13.9. The third-order valence-corrected chi connectivity index (χ3v) is 13.9. The van der Waals surface area contributed by atoms with Crippen LogP contribution in [0.4, 0.5) is 0 Å². The maximum atomic E-state index is 5.41. The van der Waals surface area contributed by atoms with Gasteiger partial charge in [0.2, 0.25) is 0 Å². The molecular formula is C58H45N3. The Labute approximate surface area is 356 Å². The molecule has 0 fully saturated rings. The van der Waals surface area contributed by atoms with Gasteiger partial charge < -0.3 is 4.57 Å². The summed E-state index contributed by atoms with van der Waals surface area (Å²) in [5, 5.41) is 10.8. The average molecular weight is 784 g/mol. The molecule has 3 heteroatoms. The number of hydrogen-bond donors (Lipinski definition) is 0. The molecular weight excluding hydrogens is 739 g/mol. The van der Waals surface area contributed by atoms with Gasteiger partial charge >= 0.3 is 0 Å². The predicted molar refractivity (Wildman–Crippen MR) is 258 cm³/mol. The minimum absolute atomic E-state index is 0.108. The largest absolute Gasteiger partial charge is 0.309 e. The molecule has 0 unspecified atom stereocenters. The molecule has 0 amide bonds. The van der Waals surface area contributed by atoms with Gasteiger partial charge in [-0.25, -0.2) is 9.97 Å². The van der Waals surface area contributed by atoms with Crippen LogP contribution in [0.15, 0.2) is 176 Å². The highest BCUT2D eigenvalue weighted by Crippen LogP contribution is 2.49. The van der Waals surface area contributed by atoms with Gasteiger partial charge in [-0.15, -0.1) is 0 Å². The fourth-order valence-electron chi connectivity index (χ4n) is 10.4. The molecule has 0 saturated carbocycles. The van der Waals surface area contributed by atoms with Gasteiger partial charge in [0.15, 0.2) is 5.82 Å². The van der Waals surface area contributed by atoms with Crippen LogP contribution in [0, 0.1) is 0 Å². The molecule has 0 spiro atoms. The number of fused-ring (bicyclic) bond motifs is 9. The van der Waals surface area contributed by atoms with E-state index >= 15 is 0 Å². The SMILES string of the molecule is CC1(C)CCC(C)(C)c2cc3c(cc21)c1ccccc1n3-c1cccc2cc(-c3nc(-c4ccc(-c5cccc6ccccc56)cc4)c4ccc5ccccc5c4n3)ccc12. The van der Waals surface area contributed by atoms with E-state index in [1.54, 1.807) is 0 Å². The monoisotopic (exact) mass is 783 g/mol. The van der Waals surface area contributed by atoms with Gasteiger partial charge in [0, 0.05) is 38.1 Å². The minimum atomic E-state index is 0.108. The summed E-state index contributed by atoms with van der Waals surface area (Å²) in [5.41, 5.74) is 13.3. The van der Waals surface area contributed by atoms with Crippen molar-refractivity contribution in [3.05, 3.63) is 187 Å². The molecule has 61 heavy (non-hydrogen) atoms. The van der Waals surface area contributed by atoms with Gasteiger partial charge in [-0.2, -0.15) is 0 Å². The first-order chi connectivity index (χ1) is 29.7. The summed E-state index contributed by atoms with van der Waals surface area (Å²) in [5.74, 6) is 0.720. The highest BCUT2D eigenvalue weighted by Gasteiger charge is 2.38. The Kier molecular flexibility index (Phi) is 7.75. The third kappa shape index (κ3) is 5.57. The van der Waals surface area contributed by atoms with E-state index in [1.807, 2.05) is 0 Å². The lowest BCUT2D eigenvalue weighted by Gasteiger charge is -2.42. The lowest BCUT2D eigenvalue weighted by atomic mass is 9.63.